The van der Waals surface area contributed by atoms with Crippen LogP contribution in [0.5, 0.6) is 0 Å². The van der Waals surface area contributed by atoms with E-state index in [0.717, 1.165) is 26.1 Å². The summed E-state index contributed by atoms with van der Waals surface area (Å²) in [6, 6.07) is 10.3. The Morgan fingerprint density at radius 2 is 2.04 bits per heavy atom. The molecular weight excluding hydrogens is 342 g/mol. The molecule has 1 aliphatic heterocycles. The van der Waals surface area contributed by atoms with Crippen molar-refractivity contribution in [3.05, 3.63) is 35.9 Å². The average molecular weight is 371 g/mol. The summed E-state index contributed by atoms with van der Waals surface area (Å²) in [7, 11) is 1.27. The minimum Gasteiger partial charge on any atom is -0.362 e. The number of sulfone groups is 1. The van der Waals surface area contributed by atoms with Crippen LogP contribution in [0.3, 0.4) is 0 Å². The van der Waals surface area contributed by atoms with Crippen LogP contribution in [-0.2, 0) is 16.3 Å². The van der Waals surface area contributed by atoms with Crippen LogP contribution >= 0.6 is 12.2 Å². The largest absolute Gasteiger partial charge is 0.362 e. The van der Waals surface area contributed by atoms with Crippen LogP contribution in [-0.4, -0.2) is 69.7 Å². The molecule has 134 valence electrons. The Labute approximate surface area is 150 Å². The molecule has 0 amide bonds. The minimum atomic E-state index is -2.91. The maximum absolute atomic E-state index is 11.8. The Hall–Kier alpha value is -1.18. The number of hydrogen-bond donors (Lipinski definition) is 2. The first kappa shape index (κ1) is 19.1. The standard InChI is InChI=1S/C17H27N3O2S2/c1-19(2)11-12-20(16-9-13-24(21,22)14-16)17(23)18-10-8-15-6-4-3-5-7-15/h3-7,16H,8-14H2,1-2H3,(H,18,23)/p+1/t16-/m0/s1. The maximum Gasteiger partial charge on any atom is 0.169 e. The van der Waals surface area contributed by atoms with Crippen LogP contribution in [0.4, 0.5) is 0 Å². The molecule has 1 heterocycles. The number of nitrogens with one attached hydrogen (secondary N) is 2. The number of rotatable bonds is 7. The molecule has 1 atom stereocenters. The van der Waals surface area contributed by atoms with Crippen LogP contribution < -0.4 is 10.2 Å². The van der Waals surface area contributed by atoms with Gasteiger partial charge in [-0.3, -0.25) is 0 Å². The lowest BCUT2D eigenvalue weighted by Crippen LogP contribution is -3.06. The van der Waals surface area contributed by atoms with Crippen molar-refractivity contribution < 1.29 is 13.3 Å². The van der Waals surface area contributed by atoms with Crippen LogP contribution in [0.1, 0.15) is 12.0 Å². The zero-order valence-electron chi connectivity index (χ0n) is 14.5. The monoisotopic (exact) mass is 370 g/mol. The van der Waals surface area contributed by atoms with Gasteiger partial charge in [-0.25, -0.2) is 8.42 Å². The molecule has 1 saturated heterocycles. The van der Waals surface area contributed by atoms with Crippen LogP contribution in [0.15, 0.2) is 30.3 Å². The Kier molecular flexibility index (Phi) is 7.01. The normalized spacial score (nSPS) is 19.4. The van der Waals surface area contributed by atoms with E-state index < -0.39 is 9.84 Å². The first-order valence-corrected chi connectivity index (χ1v) is 10.7. The van der Waals surface area contributed by atoms with Gasteiger partial charge in [-0.05, 0) is 30.6 Å². The zero-order valence-corrected chi connectivity index (χ0v) is 16.1. The summed E-state index contributed by atoms with van der Waals surface area (Å²) in [5, 5.41) is 3.99. The van der Waals surface area contributed by atoms with E-state index in [1.54, 1.807) is 0 Å². The van der Waals surface area contributed by atoms with Crippen molar-refractivity contribution in [1.82, 2.24) is 10.2 Å². The van der Waals surface area contributed by atoms with Gasteiger partial charge in [-0.1, -0.05) is 30.3 Å². The highest BCUT2D eigenvalue weighted by atomic mass is 32.2. The van der Waals surface area contributed by atoms with Gasteiger partial charge in [-0.15, -0.1) is 0 Å². The van der Waals surface area contributed by atoms with Crippen molar-refractivity contribution in [2.45, 2.75) is 18.9 Å². The fourth-order valence-corrected chi connectivity index (χ4v) is 4.95. The lowest BCUT2D eigenvalue weighted by atomic mass is 10.1. The Morgan fingerprint density at radius 1 is 1.33 bits per heavy atom. The third kappa shape index (κ3) is 6.03. The van der Waals surface area contributed by atoms with E-state index in [0.29, 0.717) is 11.5 Å². The lowest BCUT2D eigenvalue weighted by molar-refractivity contribution is -0.857. The average Bonchev–Trinajstić information content (AvgIpc) is 2.88. The van der Waals surface area contributed by atoms with Crippen LogP contribution in [0, 0.1) is 0 Å². The van der Waals surface area contributed by atoms with Gasteiger partial charge in [0.1, 0.15) is 0 Å². The predicted molar refractivity (Wildman–Crippen MR) is 102 cm³/mol. The molecule has 24 heavy (non-hydrogen) atoms. The molecule has 0 unspecified atom stereocenters. The third-order valence-electron chi connectivity index (χ3n) is 4.30. The van der Waals surface area contributed by atoms with E-state index in [-0.39, 0.29) is 17.5 Å². The molecule has 0 aliphatic carbocycles. The van der Waals surface area contributed by atoms with E-state index >= 15 is 0 Å². The van der Waals surface area contributed by atoms with Gasteiger partial charge in [0.05, 0.1) is 38.7 Å². The molecule has 2 N–H and O–H groups in total. The first-order valence-electron chi connectivity index (χ1n) is 8.45. The summed E-state index contributed by atoms with van der Waals surface area (Å²) in [5.41, 5.74) is 1.26. The number of benzene rings is 1. The fourth-order valence-electron chi connectivity index (χ4n) is 2.88. The van der Waals surface area contributed by atoms with Gasteiger partial charge < -0.3 is 15.1 Å². The van der Waals surface area contributed by atoms with Crippen molar-refractivity contribution in [2.24, 2.45) is 0 Å². The van der Waals surface area contributed by atoms with Crippen molar-refractivity contribution in [3.8, 4) is 0 Å². The number of hydrogen-bond acceptors (Lipinski definition) is 3. The Balaban J connectivity index is 1.91. The maximum atomic E-state index is 11.8. The van der Waals surface area contributed by atoms with E-state index in [2.05, 4.69) is 36.4 Å². The summed E-state index contributed by atoms with van der Waals surface area (Å²) in [4.78, 5) is 3.41. The van der Waals surface area contributed by atoms with Gasteiger partial charge >= 0.3 is 0 Å². The molecule has 0 saturated carbocycles. The molecule has 5 nitrogen and oxygen atoms in total. The van der Waals surface area contributed by atoms with Crippen molar-refractivity contribution in [3.63, 3.8) is 0 Å². The number of thiocarbonyl (C=S) groups is 1. The molecule has 7 heteroatoms. The van der Waals surface area contributed by atoms with E-state index in [4.69, 9.17) is 12.2 Å². The highest BCUT2D eigenvalue weighted by molar-refractivity contribution is 7.91. The molecular formula is C17H28N3O2S2+. The third-order valence-corrected chi connectivity index (χ3v) is 6.42. The second kappa shape index (κ2) is 8.78. The van der Waals surface area contributed by atoms with Gasteiger partial charge in [0.2, 0.25) is 0 Å². The lowest BCUT2D eigenvalue weighted by Gasteiger charge is -2.31. The Morgan fingerprint density at radius 3 is 2.62 bits per heavy atom. The molecule has 0 radical (unpaired) electrons. The van der Waals surface area contributed by atoms with Crippen LogP contribution in [0.2, 0.25) is 0 Å². The van der Waals surface area contributed by atoms with Gasteiger partial charge in [-0.2, -0.15) is 0 Å². The SMILES string of the molecule is C[NH+](C)CCN(C(=S)NCCc1ccccc1)[C@H]1CCS(=O)(=O)C1. The minimum absolute atomic E-state index is 0.00563. The smallest absolute Gasteiger partial charge is 0.169 e. The number of nitrogens with zero attached hydrogens (tertiary/aromatic N) is 1. The number of likely N-dealkylation sites (N-methyl/N-ethyl adjacent to an activating group) is 1. The molecule has 2 rings (SSSR count). The zero-order chi connectivity index (χ0) is 17.6. The van der Waals surface area contributed by atoms with Crippen molar-refractivity contribution >= 4 is 27.2 Å². The van der Waals surface area contributed by atoms with E-state index in [9.17, 15) is 8.42 Å². The summed E-state index contributed by atoms with van der Waals surface area (Å²) in [5.74, 6) is 0.492. The van der Waals surface area contributed by atoms with Gasteiger partial charge in [0.25, 0.3) is 0 Å². The Bertz CT molecular complexity index is 632. The topological polar surface area (TPSA) is 53.9 Å². The number of quaternary nitrogens is 1. The highest BCUT2D eigenvalue weighted by Crippen LogP contribution is 2.17. The first-order chi connectivity index (χ1) is 11.4. The molecule has 0 bridgehead atoms. The fraction of sp³-hybridized carbons (Fsp3) is 0.588. The van der Waals surface area contributed by atoms with Gasteiger partial charge in [0.15, 0.2) is 14.9 Å². The summed E-state index contributed by atoms with van der Waals surface area (Å²) in [6.45, 7) is 2.46. The van der Waals surface area contributed by atoms with Crippen LogP contribution in [0.25, 0.3) is 0 Å². The molecule has 1 aromatic carbocycles. The summed E-state index contributed by atoms with van der Waals surface area (Å²) < 4.78 is 23.6. The quantitative estimate of drug-likeness (QED) is 0.648. The predicted octanol–water partition coefficient (Wildman–Crippen LogP) is -0.263. The molecule has 1 aliphatic rings. The van der Waals surface area contributed by atoms with Gasteiger partial charge in [0, 0.05) is 12.6 Å². The second-order valence-electron chi connectivity index (χ2n) is 6.67. The van der Waals surface area contributed by atoms with E-state index in [1.807, 2.05) is 18.2 Å². The summed E-state index contributed by atoms with van der Waals surface area (Å²) >= 11 is 5.57. The molecule has 0 aromatic heterocycles. The second-order valence-corrected chi connectivity index (χ2v) is 9.29. The molecule has 1 fully saturated rings. The van der Waals surface area contributed by atoms with E-state index in [1.165, 1.54) is 10.5 Å². The molecule has 0 spiro atoms. The van der Waals surface area contributed by atoms with Crippen molar-refractivity contribution in [2.75, 3.05) is 45.2 Å². The summed E-state index contributed by atoms with van der Waals surface area (Å²) in [6.07, 6.45) is 1.57. The molecule has 1 aromatic rings. The highest BCUT2D eigenvalue weighted by Gasteiger charge is 2.33. The van der Waals surface area contributed by atoms with Crippen molar-refractivity contribution in [1.29, 1.82) is 0 Å².